The predicted molar refractivity (Wildman–Crippen MR) is 50.2 cm³/mol. The summed E-state index contributed by atoms with van der Waals surface area (Å²) in [5, 5.41) is 0. The summed E-state index contributed by atoms with van der Waals surface area (Å²) in [5.41, 5.74) is 0.108. The van der Waals surface area contributed by atoms with Gasteiger partial charge in [0, 0.05) is 51.4 Å². The minimum Gasteiger partial charge on any atom is -0.274 e. The fourth-order valence-corrected chi connectivity index (χ4v) is 0.844. The summed E-state index contributed by atoms with van der Waals surface area (Å²) in [4.78, 5) is 14.8. The van der Waals surface area contributed by atoms with Gasteiger partial charge in [0.15, 0.2) is 0 Å². The van der Waals surface area contributed by atoms with Crippen LogP contribution in [0.15, 0.2) is 30.3 Å². The molecule has 0 saturated carbocycles. The van der Waals surface area contributed by atoms with E-state index >= 15 is 0 Å². The molecule has 0 heterocycles. The van der Waals surface area contributed by atoms with E-state index < -0.39 is 16.4 Å². The van der Waals surface area contributed by atoms with Crippen LogP contribution >= 0.6 is 0 Å². The third-order valence-electron chi connectivity index (χ3n) is 1.21. The Labute approximate surface area is 129 Å². The third kappa shape index (κ3) is 6.38. The third-order valence-corrected chi connectivity index (χ3v) is 1.45. The number of carbonyl (C=O) groups excluding carboxylic acids is 1. The van der Waals surface area contributed by atoms with Crippen molar-refractivity contribution in [1.29, 1.82) is 0 Å². The zero-order chi connectivity index (χ0) is 10.6. The molecule has 1 radical (unpaired) electrons. The Morgan fingerprint density at radius 1 is 1.20 bits per heavy atom. The SMILES string of the molecule is O=C(OOS(=O)(=O)O)c1ccccc1.[K]. The zero-order valence-corrected chi connectivity index (χ0v) is 11.7. The molecule has 0 aliphatic carbocycles. The van der Waals surface area contributed by atoms with E-state index in [-0.39, 0.29) is 56.9 Å². The molecule has 0 aliphatic rings. The predicted octanol–water partition coefficient (Wildman–Crippen LogP) is 0.197. The van der Waals surface area contributed by atoms with E-state index in [2.05, 4.69) is 9.22 Å². The average Bonchev–Trinajstić information content (AvgIpc) is 2.14. The molecule has 1 aromatic rings. The van der Waals surface area contributed by atoms with Gasteiger partial charge in [-0.1, -0.05) is 18.2 Å². The molecule has 0 saturated heterocycles. The van der Waals surface area contributed by atoms with Crippen LogP contribution in [-0.4, -0.2) is 70.3 Å². The Bertz CT molecular complexity index is 414. The maximum absolute atomic E-state index is 11.0. The maximum atomic E-state index is 11.0. The number of benzene rings is 1. The molecule has 1 aromatic carbocycles. The van der Waals surface area contributed by atoms with Crippen LogP contribution in [-0.2, 0) is 19.6 Å². The Morgan fingerprint density at radius 2 is 1.73 bits per heavy atom. The monoisotopic (exact) mass is 257 g/mol. The molecule has 0 spiro atoms. The molecule has 8 heteroatoms. The Balaban J connectivity index is 0.00000196. The van der Waals surface area contributed by atoms with E-state index in [4.69, 9.17) is 4.55 Å². The van der Waals surface area contributed by atoms with Crippen LogP contribution in [0.3, 0.4) is 0 Å². The van der Waals surface area contributed by atoms with Gasteiger partial charge in [-0.15, -0.1) is 0 Å². The molecule has 0 fully saturated rings. The van der Waals surface area contributed by atoms with Crippen LogP contribution in [0.2, 0.25) is 0 Å². The minimum atomic E-state index is -4.77. The van der Waals surface area contributed by atoms with Crippen molar-refractivity contribution in [3.8, 4) is 0 Å². The van der Waals surface area contributed by atoms with Crippen molar-refractivity contribution < 1.29 is 27.0 Å². The number of carbonyl (C=O) groups is 1. The number of hydrogen-bond acceptors (Lipinski definition) is 5. The van der Waals surface area contributed by atoms with Crippen molar-refractivity contribution in [3.63, 3.8) is 0 Å². The molecule has 0 atom stereocenters. The summed E-state index contributed by atoms with van der Waals surface area (Å²) in [7, 11) is -4.77. The van der Waals surface area contributed by atoms with E-state index in [1.807, 2.05) is 0 Å². The second kappa shape index (κ2) is 6.71. The van der Waals surface area contributed by atoms with Crippen molar-refractivity contribution in [2.45, 2.75) is 0 Å². The molecule has 0 bridgehead atoms. The molecule has 77 valence electrons. The van der Waals surface area contributed by atoms with Gasteiger partial charge in [-0.05, 0) is 16.5 Å². The van der Waals surface area contributed by atoms with Crippen LogP contribution in [0.25, 0.3) is 0 Å². The molecule has 1 rings (SSSR count). The molecule has 0 aliphatic heterocycles. The van der Waals surface area contributed by atoms with Crippen LogP contribution in [0.5, 0.6) is 0 Å². The van der Waals surface area contributed by atoms with Gasteiger partial charge in [0.25, 0.3) is 0 Å². The zero-order valence-electron chi connectivity index (χ0n) is 7.78. The molecule has 0 aromatic heterocycles. The standard InChI is InChI=1S/C7H6O6S.K/c8-7(12-13-14(9,10)11)6-4-2-1-3-5-6;/h1-5H,(H,9,10,11);. The fraction of sp³-hybridized carbons (Fsp3) is 0. The average molecular weight is 257 g/mol. The van der Waals surface area contributed by atoms with Crippen molar-refractivity contribution in [1.82, 2.24) is 0 Å². The van der Waals surface area contributed by atoms with Crippen LogP contribution in [0, 0.1) is 0 Å². The summed E-state index contributed by atoms with van der Waals surface area (Å²) in [6, 6.07) is 7.58. The fourth-order valence-electron chi connectivity index (χ4n) is 0.696. The number of hydrogen-bond donors (Lipinski definition) is 1. The van der Waals surface area contributed by atoms with Crippen LogP contribution in [0.1, 0.15) is 10.4 Å². The Hall–Kier alpha value is 0.196. The van der Waals surface area contributed by atoms with Crippen molar-refractivity contribution >= 4 is 67.8 Å². The van der Waals surface area contributed by atoms with Crippen molar-refractivity contribution in [3.05, 3.63) is 35.9 Å². The van der Waals surface area contributed by atoms with Crippen LogP contribution in [0.4, 0.5) is 0 Å². The number of rotatable bonds is 3. The van der Waals surface area contributed by atoms with E-state index in [1.54, 1.807) is 18.2 Å². The molecule has 0 unspecified atom stereocenters. The second-order valence-electron chi connectivity index (χ2n) is 2.23. The quantitative estimate of drug-likeness (QED) is 0.360. The Morgan fingerprint density at radius 3 is 2.20 bits per heavy atom. The van der Waals surface area contributed by atoms with Crippen molar-refractivity contribution in [2.75, 3.05) is 0 Å². The van der Waals surface area contributed by atoms with Gasteiger partial charge in [-0.2, -0.15) is 8.42 Å². The normalized spacial score (nSPS) is 10.2. The minimum absolute atomic E-state index is 0. The molecule has 6 nitrogen and oxygen atoms in total. The largest absolute Gasteiger partial charge is 0.432 e. The summed E-state index contributed by atoms with van der Waals surface area (Å²) in [6.07, 6.45) is 0. The summed E-state index contributed by atoms with van der Waals surface area (Å²) < 4.78 is 31.6. The van der Waals surface area contributed by atoms with Crippen molar-refractivity contribution in [2.24, 2.45) is 0 Å². The summed E-state index contributed by atoms with van der Waals surface area (Å²) in [6.45, 7) is 0. The Kier molecular flexibility index (Phi) is 6.80. The van der Waals surface area contributed by atoms with Gasteiger partial charge in [-0.25, -0.2) is 4.79 Å². The molecular weight excluding hydrogens is 251 g/mol. The van der Waals surface area contributed by atoms with Gasteiger partial charge in [0.1, 0.15) is 0 Å². The molecule has 1 N–H and O–H groups in total. The first kappa shape index (κ1) is 15.2. The van der Waals surface area contributed by atoms with Gasteiger partial charge in [0.05, 0.1) is 5.56 Å². The summed E-state index contributed by atoms with van der Waals surface area (Å²) in [5.74, 6) is -1.01. The van der Waals surface area contributed by atoms with E-state index in [1.165, 1.54) is 12.1 Å². The van der Waals surface area contributed by atoms with Gasteiger partial charge >= 0.3 is 16.4 Å². The van der Waals surface area contributed by atoms with Crippen LogP contribution < -0.4 is 0 Å². The smallest absolute Gasteiger partial charge is 0.274 e. The topological polar surface area (TPSA) is 89.9 Å². The first-order chi connectivity index (χ1) is 6.49. The first-order valence-electron chi connectivity index (χ1n) is 3.42. The summed E-state index contributed by atoms with van der Waals surface area (Å²) >= 11 is 0. The van der Waals surface area contributed by atoms with E-state index in [0.29, 0.717) is 0 Å². The second-order valence-corrected chi connectivity index (χ2v) is 3.22. The van der Waals surface area contributed by atoms with Gasteiger partial charge in [0.2, 0.25) is 0 Å². The molecule has 0 amide bonds. The van der Waals surface area contributed by atoms with E-state index in [0.717, 1.165) is 0 Å². The van der Waals surface area contributed by atoms with E-state index in [9.17, 15) is 13.2 Å². The molecular formula is C7H6KO6S. The molecule has 15 heavy (non-hydrogen) atoms. The van der Waals surface area contributed by atoms with Gasteiger partial charge < -0.3 is 0 Å². The van der Waals surface area contributed by atoms with Gasteiger partial charge in [-0.3, -0.25) is 9.44 Å². The maximum Gasteiger partial charge on any atom is 0.432 e. The first-order valence-corrected chi connectivity index (χ1v) is 4.78.